The maximum atomic E-state index is 12.1. The van der Waals surface area contributed by atoms with E-state index in [4.69, 9.17) is 4.74 Å². The van der Waals surface area contributed by atoms with Crippen molar-refractivity contribution in [3.05, 3.63) is 62.5 Å². The van der Waals surface area contributed by atoms with Crippen molar-refractivity contribution in [1.82, 2.24) is 10.9 Å². The van der Waals surface area contributed by atoms with Crippen molar-refractivity contribution in [3.63, 3.8) is 0 Å². The van der Waals surface area contributed by atoms with Gasteiger partial charge in [0, 0.05) is 14.5 Å². The fourth-order valence-electron chi connectivity index (χ4n) is 2.23. The fourth-order valence-corrected chi connectivity index (χ4v) is 3.06. The van der Waals surface area contributed by atoms with E-state index >= 15 is 0 Å². The second-order valence-electron chi connectivity index (χ2n) is 6.66. The van der Waals surface area contributed by atoms with Crippen LogP contribution in [0.15, 0.2) is 51.4 Å². The average Bonchev–Trinajstić information content (AvgIpc) is 2.58. The lowest BCUT2D eigenvalue weighted by atomic mass is 9.86. The first-order valence-electron chi connectivity index (χ1n) is 7.95. The van der Waals surface area contributed by atoms with Crippen LogP contribution in [0, 0.1) is 0 Å². The van der Waals surface area contributed by atoms with Gasteiger partial charge in [-0.3, -0.25) is 20.4 Å². The Hall–Kier alpha value is -1.86. The van der Waals surface area contributed by atoms with Crippen LogP contribution in [0.3, 0.4) is 0 Å². The van der Waals surface area contributed by atoms with Crippen LogP contribution in [-0.2, 0) is 10.2 Å². The van der Waals surface area contributed by atoms with Crippen LogP contribution in [0.2, 0.25) is 0 Å². The first-order valence-corrected chi connectivity index (χ1v) is 9.53. The van der Waals surface area contributed by atoms with Crippen molar-refractivity contribution >= 4 is 43.7 Å². The van der Waals surface area contributed by atoms with Crippen LogP contribution in [0.4, 0.5) is 0 Å². The standard InChI is InChI=1S/C19H20Br2N2O3/c1-19(2,3)14-10-12(20)8-9-16(14)26-11-17(24)22-23-18(25)13-6-4-5-7-15(13)21/h4-10H,11H2,1-3H3,(H,22,24)(H,23,25). The lowest BCUT2D eigenvalue weighted by Gasteiger charge is -2.23. The van der Waals surface area contributed by atoms with Crippen molar-refractivity contribution in [2.24, 2.45) is 0 Å². The predicted molar refractivity (Wildman–Crippen MR) is 108 cm³/mol. The number of hydrogen-bond donors (Lipinski definition) is 2. The molecule has 2 amide bonds. The smallest absolute Gasteiger partial charge is 0.276 e. The minimum atomic E-state index is -0.451. The summed E-state index contributed by atoms with van der Waals surface area (Å²) in [7, 11) is 0. The molecule has 0 aliphatic heterocycles. The first kappa shape index (κ1) is 20.5. The lowest BCUT2D eigenvalue weighted by molar-refractivity contribution is -0.123. The molecule has 2 rings (SSSR count). The van der Waals surface area contributed by atoms with E-state index in [0.717, 1.165) is 10.0 Å². The summed E-state index contributed by atoms with van der Waals surface area (Å²) in [6.07, 6.45) is 0. The van der Waals surface area contributed by atoms with Crippen molar-refractivity contribution in [2.45, 2.75) is 26.2 Å². The minimum absolute atomic E-state index is 0.136. The van der Waals surface area contributed by atoms with Crippen LogP contribution >= 0.6 is 31.9 Å². The molecule has 138 valence electrons. The highest BCUT2D eigenvalue weighted by Gasteiger charge is 2.20. The highest BCUT2D eigenvalue weighted by atomic mass is 79.9. The molecule has 0 aromatic heterocycles. The maximum Gasteiger partial charge on any atom is 0.276 e. The number of amides is 2. The third-order valence-electron chi connectivity index (χ3n) is 3.54. The average molecular weight is 484 g/mol. The molecule has 0 fully saturated rings. The summed E-state index contributed by atoms with van der Waals surface area (Å²) in [5.74, 6) is -0.231. The lowest BCUT2D eigenvalue weighted by Crippen LogP contribution is -2.44. The second kappa shape index (κ2) is 8.68. The van der Waals surface area contributed by atoms with Gasteiger partial charge < -0.3 is 4.74 Å². The van der Waals surface area contributed by atoms with Gasteiger partial charge in [-0.1, -0.05) is 48.8 Å². The summed E-state index contributed by atoms with van der Waals surface area (Å²) in [5, 5.41) is 0. The molecule has 0 spiro atoms. The second-order valence-corrected chi connectivity index (χ2v) is 8.43. The molecule has 0 atom stereocenters. The van der Waals surface area contributed by atoms with E-state index in [0.29, 0.717) is 15.8 Å². The summed E-state index contributed by atoms with van der Waals surface area (Å²) in [6, 6.07) is 12.6. The molecule has 0 heterocycles. The van der Waals surface area contributed by atoms with Crippen LogP contribution < -0.4 is 15.6 Å². The van der Waals surface area contributed by atoms with Crippen molar-refractivity contribution < 1.29 is 14.3 Å². The van der Waals surface area contributed by atoms with Gasteiger partial charge in [-0.15, -0.1) is 0 Å². The summed E-state index contributed by atoms with van der Waals surface area (Å²) in [4.78, 5) is 24.1. The molecule has 2 aromatic rings. The number of rotatable bonds is 4. The van der Waals surface area contributed by atoms with Gasteiger partial charge >= 0.3 is 0 Å². The van der Waals surface area contributed by atoms with Gasteiger partial charge in [0.05, 0.1) is 5.56 Å². The van der Waals surface area contributed by atoms with E-state index in [-0.39, 0.29) is 12.0 Å². The summed E-state index contributed by atoms with van der Waals surface area (Å²) in [5.41, 5.74) is 6.00. The first-order chi connectivity index (χ1) is 12.2. The largest absolute Gasteiger partial charge is 0.483 e. The third kappa shape index (κ3) is 5.57. The van der Waals surface area contributed by atoms with E-state index in [1.54, 1.807) is 24.3 Å². The van der Waals surface area contributed by atoms with Gasteiger partial charge in [-0.25, -0.2) is 0 Å². The topological polar surface area (TPSA) is 67.4 Å². The van der Waals surface area contributed by atoms with Crippen molar-refractivity contribution in [1.29, 1.82) is 0 Å². The molecule has 26 heavy (non-hydrogen) atoms. The highest BCUT2D eigenvalue weighted by molar-refractivity contribution is 9.10. The molecule has 0 aliphatic carbocycles. The zero-order chi connectivity index (χ0) is 19.3. The number of halogens is 2. The van der Waals surface area contributed by atoms with E-state index < -0.39 is 11.8 Å². The van der Waals surface area contributed by atoms with E-state index in [2.05, 4.69) is 63.5 Å². The Morgan fingerprint density at radius 2 is 1.73 bits per heavy atom. The monoisotopic (exact) mass is 482 g/mol. The van der Waals surface area contributed by atoms with E-state index in [9.17, 15) is 9.59 Å². The zero-order valence-electron chi connectivity index (χ0n) is 14.7. The normalized spacial score (nSPS) is 11.0. The van der Waals surface area contributed by atoms with Crippen molar-refractivity contribution in [3.8, 4) is 5.75 Å². The van der Waals surface area contributed by atoms with Crippen LogP contribution in [0.25, 0.3) is 0 Å². The maximum absolute atomic E-state index is 12.1. The Balaban J connectivity index is 1.94. The van der Waals surface area contributed by atoms with Gasteiger partial charge in [0.15, 0.2) is 6.61 Å². The molecule has 2 N–H and O–H groups in total. The number of nitrogens with one attached hydrogen (secondary N) is 2. The molecule has 5 nitrogen and oxygen atoms in total. The van der Waals surface area contributed by atoms with E-state index in [1.165, 1.54) is 0 Å². The molecule has 0 aliphatic rings. The molecule has 0 saturated carbocycles. The number of carbonyl (C=O) groups excluding carboxylic acids is 2. The van der Waals surface area contributed by atoms with Gasteiger partial charge in [-0.05, 0) is 51.7 Å². The SMILES string of the molecule is CC(C)(C)c1cc(Br)ccc1OCC(=O)NNC(=O)c1ccccc1Br. The predicted octanol–water partition coefficient (Wildman–Crippen LogP) is 4.35. The Labute approximate surface area is 169 Å². The van der Waals surface area contributed by atoms with Crippen LogP contribution in [0.1, 0.15) is 36.7 Å². The molecule has 0 bridgehead atoms. The number of carbonyl (C=O) groups is 2. The van der Waals surface area contributed by atoms with Crippen molar-refractivity contribution in [2.75, 3.05) is 6.61 Å². The Kier molecular flexibility index (Phi) is 6.83. The van der Waals surface area contributed by atoms with Crippen LogP contribution in [-0.4, -0.2) is 18.4 Å². The third-order valence-corrected chi connectivity index (χ3v) is 4.73. The molecular formula is C19H20Br2N2O3. The molecule has 7 heteroatoms. The number of hydrazine groups is 1. The number of hydrogen-bond acceptors (Lipinski definition) is 3. The molecule has 0 radical (unpaired) electrons. The van der Waals surface area contributed by atoms with Gasteiger partial charge in [0.1, 0.15) is 5.75 Å². The van der Waals surface area contributed by atoms with Gasteiger partial charge in [0.25, 0.3) is 11.8 Å². The number of ether oxygens (including phenoxy) is 1. The van der Waals surface area contributed by atoms with E-state index in [1.807, 2.05) is 18.2 Å². The quantitative estimate of drug-likeness (QED) is 0.635. The number of benzene rings is 2. The van der Waals surface area contributed by atoms with Gasteiger partial charge in [0.2, 0.25) is 0 Å². The minimum Gasteiger partial charge on any atom is -0.483 e. The highest BCUT2D eigenvalue weighted by Crippen LogP contribution is 2.33. The van der Waals surface area contributed by atoms with Gasteiger partial charge in [-0.2, -0.15) is 0 Å². The molecular weight excluding hydrogens is 464 g/mol. The Morgan fingerprint density at radius 1 is 1.04 bits per heavy atom. The summed E-state index contributed by atoms with van der Waals surface area (Å²) in [6.45, 7) is 6.00. The molecule has 0 unspecified atom stereocenters. The molecule has 0 saturated heterocycles. The van der Waals surface area contributed by atoms with Crippen LogP contribution in [0.5, 0.6) is 5.75 Å². The summed E-state index contributed by atoms with van der Waals surface area (Å²) >= 11 is 6.75. The Morgan fingerprint density at radius 3 is 2.38 bits per heavy atom. The summed E-state index contributed by atoms with van der Waals surface area (Å²) < 4.78 is 7.24. The zero-order valence-corrected chi connectivity index (χ0v) is 17.9. The molecule has 2 aromatic carbocycles. The fraction of sp³-hybridized carbons (Fsp3) is 0.263. The Bertz CT molecular complexity index is 817.